The van der Waals surface area contributed by atoms with Gasteiger partial charge in [0.05, 0.1) is 12.3 Å². The molecule has 5 rings (SSSR count). The summed E-state index contributed by atoms with van der Waals surface area (Å²) in [6.45, 7) is 0.575. The average molecular weight is 380 g/mol. The van der Waals surface area contributed by atoms with E-state index in [0.717, 1.165) is 34.1 Å². The quantitative estimate of drug-likeness (QED) is 0.477. The molecule has 0 bridgehead atoms. The Kier molecular flexibility index (Phi) is 4.33. The normalized spacial score (nSPS) is 11.2. The van der Waals surface area contributed by atoms with Crippen molar-refractivity contribution in [3.05, 3.63) is 90.6 Å². The molecule has 5 aromatic rings. The van der Waals surface area contributed by atoms with Gasteiger partial charge in [-0.25, -0.2) is 9.67 Å². The monoisotopic (exact) mass is 380 g/mol. The van der Waals surface area contributed by atoms with E-state index in [2.05, 4.69) is 22.2 Å². The lowest BCUT2D eigenvalue weighted by Gasteiger charge is -2.10. The first-order chi connectivity index (χ1) is 14.3. The molecule has 0 atom stereocenters. The number of pyridine rings is 1. The minimum Gasteiger partial charge on any atom is -0.491 e. The number of hydrogen-bond acceptors (Lipinski definition) is 4. The average Bonchev–Trinajstić information content (AvgIpc) is 3.22. The molecule has 0 amide bonds. The molecule has 0 saturated heterocycles. The smallest absolute Gasteiger partial charge is 0.152 e. The summed E-state index contributed by atoms with van der Waals surface area (Å²) in [5, 5.41) is 6.60. The predicted octanol–water partition coefficient (Wildman–Crippen LogP) is 4.78. The fraction of sp³-hybridized carbons (Fsp3) is 0.0833. The Balaban J connectivity index is 1.52. The molecule has 0 unspecified atom stereocenters. The maximum atomic E-state index is 6.26. The van der Waals surface area contributed by atoms with Crippen LogP contribution in [0.1, 0.15) is 5.56 Å². The van der Waals surface area contributed by atoms with Gasteiger partial charge in [0.1, 0.15) is 16.8 Å². The topological polar surface area (TPSA) is 66.0 Å². The zero-order valence-corrected chi connectivity index (χ0v) is 15.8. The minimum absolute atomic E-state index is 0.404. The van der Waals surface area contributed by atoms with Crippen molar-refractivity contribution in [3.8, 4) is 11.4 Å². The van der Waals surface area contributed by atoms with Crippen LogP contribution in [0, 0.1) is 0 Å². The van der Waals surface area contributed by atoms with Crippen LogP contribution in [0.25, 0.3) is 27.5 Å². The van der Waals surface area contributed by atoms with E-state index in [1.54, 1.807) is 0 Å². The molecule has 3 aromatic carbocycles. The Labute approximate surface area is 168 Å². The number of nitrogen functional groups attached to an aromatic ring is 1. The number of fused-ring (bicyclic) bond motifs is 3. The van der Waals surface area contributed by atoms with Gasteiger partial charge in [0.15, 0.2) is 5.82 Å². The van der Waals surface area contributed by atoms with Gasteiger partial charge in [-0.3, -0.25) is 0 Å². The molecule has 0 aliphatic rings. The minimum atomic E-state index is 0.404. The predicted molar refractivity (Wildman–Crippen MR) is 116 cm³/mol. The van der Waals surface area contributed by atoms with E-state index in [0.29, 0.717) is 17.9 Å². The van der Waals surface area contributed by atoms with Crippen LogP contribution in [0.2, 0.25) is 0 Å². The first-order valence-corrected chi connectivity index (χ1v) is 9.59. The maximum absolute atomic E-state index is 6.26. The van der Waals surface area contributed by atoms with Crippen LogP contribution in [-0.2, 0) is 6.42 Å². The van der Waals surface area contributed by atoms with Crippen molar-refractivity contribution in [2.24, 2.45) is 0 Å². The summed E-state index contributed by atoms with van der Waals surface area (Å²) in [5.74, 6) is 1.14. The van der Waals surface area contributed by atoms with Gasteiger partial charge in [-0.05, 0) is 23.8 Å². The van der Waals surface area contributed by atoms with Crippen LogP contribution in [0.15, 0.2) is 85.1 Å². The lowest BCUT2D eigenvalue weighted by atomic mass is 10.1. The summed E-state index contributed by atoms with van der Waals surface area (Å²) in [5.41, 5.74) is 9.94. The van der Waals surface area contributed by atoms with Gasteiger partial charge < -0.3 is 10.5 Å². The largest absolute Gasteiger partial charge is 0.491 e. The van der Waals surface area contributed by atoms with Gasteiger partial charge in [-0.1, -0.05) is 60.7 Å². The first-order valence-electron chi connectivity index (χ1n) is 9.59. The molecule has 5 heteroatoms. The number of anilines is 1. The van der Waals surface area contributed by atoms with Crippen LogP contribution < -0.4 is 10.5 Å². The Morgan fingerprint density at radius 2 is 1.55 bits per heavy atom. The number of ether oxygens (including phenoxy) is 1. The molecule has 2 heterocycles. The van der Waals surface area contributed by atoms with Crippen molar-refractivity contribution in [2.75, 3.05) is 12.3 Å². The lowest BCUT2D eigenvalue weighted by molar-refractivity contribution is 0.325. The second-order valence-electron chi connectivity index (χ2n) is 6.90. The zero-order valence-electron chi connectivity index (χ0n) is 15.8. The van der Waals surface area contributed by atoms with Crippen LogP contribution in [0.3, 0.4) is 0 Å². The summed E-state index contributed by atoms with van der Waals surface area (Å²) in [4.78, 5) is 4.61. The highest BCUT2D eigenvalue weighted by molar-refractivity contribution is 6.09. The van der Waals surface area contributed by atoms with Crippen LogP contribution in [0.5, 0.6) is 5.75 Å². The molecule has 29 heavy (non-hydrogen) atoms. The number of hydrogen-bond donors (Lipinski definition) is 1. The van der Waals surface area contributed by atoms with E-state index in [1.807, 2.05) is 77.6 Å². The SMILES string of the molecule is Nc1nc2c(OCCc3ccccc3)cccc2c2cn(-c3ccccc3)nc12. The van der Waals surface area contributed by atoms with Gasteiger partial charge in [0, 0.05) is 23.4 Å². The Hall–Kier alpha value is -3.86. The van der Waals surface area contributed by atoms with Crippen molar-refractivity contribution in [1.82, 2.24) is 14.8 Å². The van der Waals surface area contributed by atoms with Crippen molar-refractivity contribution < 1.29 is 4.74 Å². The molecule has 2 aromatic heterocycles. The van der Waals surface area contributed by atoms with Gasteiger partial charge in [0.25, 0.3) is 0 Å². The molecular formula is C24H20N4O. The third-order valence-corrected chi connectivity index (χ3v) is 4.99. The second kappa shape index (κ2) is 7.28. The van der Waals surface area contributed by atoms with Crippen LogP contribution in [0.4, 0.5) is 5.82 Å². The highest BCUT2D eigenvalue weighted by atomic mass is 16.5. The van der Waals surface area contributed by atoms with Gasteiger partial charge in [-0.2, -0.15) is 5.10 Å². The summed E-state index contributed by atoms with van der Waals surface area (Å²) in [7, 11) is 0. The molecule has 142 valence electrons. The summed E-state index contributed by atoms with van der Waals surface area (Å²) in [6, 6.07) is 26.2. The molecule has 0 aliphatic heterocycles. The molecule has 5 nitrogen and oxygen atoms in total. The van der Waals surface area contributed by atoms with Crippen molar-refractivity contribution in [2.45, 2.75) is 6.42 Å². The molecule has 0 aliphatic carbocycles. The van der Waals surface area contributed by atoms with Crippen LogP contribution >= 0.6 is 0 Å². The van der Waals surface area contributed by atoms with Gasteiger partial charge in [-0.15, -0.1) is 0 Å². The van der Waals surface area contributed by atoms with E-state index in [4.69, 9.17) is 10.5 Å². The van der Waals surface area contributed by atoms with E-state index in [9.17, 15) is 0 Å². The third-order valence-electron chi connectivity index (χ3n) is 4.99. The van der Waals surface area contributed by atoms with E-state index in [-0.39, 0.29) is 0 Å². The molecule has 0 fully saturated rings. The molecule has 2 N–H and O–H groups in total. The number of para-hydroxylation sites is 2. The van der Waals surface area contributed by atoms with E-state index >= 15 is 0 Å². The number of aromatic nitrogens is 3. The first kappa shape index (κ1) is 17.3. The Bertz CT molecular complexity index is 1280. The van der Waals surface area contributed by atoms with Gasteiger partial charge >= 0.3 is 0 Å². The summed E-state index contributed by atoms with van der Waals surface area (Å²) >= 11 is 0. The number of rotatable bonds is 5. The van der Waals surface area contributed by atoms with Crippen molar-refractivity contribution in [1.29, 1.82) is 0 Å². The molecular weight excluding hydrogens is 360 g/mol. The number of nitrogens with zero attached hydrogens (tertiary/aromatic N) is 3. The highest BCUT2D eigenvalue weighted by Gasteiger charge is 2.14. The standard InChI is InChI=1S/C24H20N4O/c25-24-23-20(16-28(27-23)18-10-5-2-6-11-18)19-12-7-13-21(22(19)26-24)29-15-14-17-8-3-1-4-9-17/h1-13,16H,14-15H2,(H2,25,26). The van der Waals surface area contributed by atoms with Gasteiger partial charge in [0.2, 0.25) is 0 Å². The Morgan fingerprint density at radius 1 is 0.793 bits per heavy atom. The fourth-order valence-corrected chi connectivity index (χ4v) is 3.54. The lowest BCUT2D eigenvalue weighted by Crippen LogP contribution is -2.03. The van der Waals surface area contributed by atoms with E-state index < -0.39 is 0 Å². The Morgan fingerprint density at radius 3 is 2.34 bits per heavy atom. The summed E-state index contributed by atoms with van der Waals surface area (Å²) < 4.78 is 7.91. The fourth-order valence-electron chi connectivity index (χ4n) is 3.54. The molecule has 0 spiro atoms. The van der Waals surface area contributed by atoms with Crippen LogP contribution in [-0.4, -0.2) is 21.4 Å². The number of benzene rings is 3. The second-order valence-corrected chi connectivity index (χ2v) is 6.90. The van der Waals surface area contributed by atoms with Crippen molar-refractivity contribution >= 4 is 27.6 Å². The third kappa shape index (κ3) is 3.27. The maximum Gasteiger partial charge on any atom is 0.152 e. The molecule has 0 saturated carbocycles. The number of nitrogens with two attached hydrogens (primary N) is 1. The highest BCUT2D eigenvalue weighted by Crippen LogP contribution is 2.32. The van der Waals surface area contributed by atoms with Crippen molar-refractivity contribution in [3.63, 3.8) is 0 Å². The zero-order chi connectivity index (χ0) is 19.6. The molecule has 0 radical (unpaired) electrons. The van der Waals surface area contributed by atoms with E-state index in [1.165, 1.54) is 5.56 Å². The summed E-state index contributed by atoms with van der Waals surface area (Å²) in [6.07, 6.45) is 2.83.